The lowest BCUT2D eigenvalue weighted by atomic mass is 10.1. The number of hydrogen-bond acceptors (Lipinski definition) is 1. The Morgan fingerprint density at radius 2 is 1.92 bits per heavy atom. The van der Waals surface area contributed by atoms with Crippen molar-refractivity contribution in [2.75, 3.05) is 13.1 Å². The van der Waals surface area contributed by atoms with Gasteiger partial charge in [0.15, 0.2) is 0 Å². The zero-order valence-electron chi connectivity index (χ0n) is 8.01. The number of nitrogens with zero attached hydrogens (tertiary/aromatic N) is 1. The number of piperidine rings is 1. The number of rotatable bonds is 3. The van der Waals surface area contributed by atoms with Crippen LogP contribution < -0.4 is 0 Å². The van der Waals surface area contributed by atoms with Crippen molar-refractivity contribution in [3.05, 3.63) is 0 Å². The molecule has 70 valence electrons. The third-order valence-electron chi connectivity index (χ3n) is 2.45. The quantitative estimate of drug-likeness (QED) is 0.622. The highest BCUT2D eigenvalue weighted by Crippen LogP contribution is 2.12. The van der Waals surface area contributed by atoms with E-state index in [1.807, 2.05) is 0 Å². The van der Waals surface area contributed by atoms with Gasteiger partial charge in [-0.15, -0.1) is 0 Å². The summed E-state index contributed by atoms with van der Waals surface area (Å²) >= 11 is 5.37. The molecule has 0 bridgehead atoms. The highest BCUT2D eigenvalue weighted by Gasteiger charge is 2.11. The predicted molar refractivity (Wildman–Crippen MR) is 57.5 cm³/mol. The van der Waals surface area contributed by atoms with Gasteiger partial charge in [-0.25, -0.2) is 0 Å². The first-order chi connectivity index (χ1) is 5.84. The highest BCUT2D eigenvalue weighted by molar-refractivity contribution is 7.80. The Kier molecular flexibility index (Phi) is 4.59. The van der Waals surface area contributed by atoms with Gasteiger partial charge in [0.05, 0.1) is 4.99 Å². The summed E-state index contributed by atoms with van der Waals surface area (Å²) in [5, 5.41) is 0. The minimum Gasteiger partial charge on any atom is -0.366 e. The molecular weight excluding hydrogens is 166 g/mol. The van der Waals surface area contributed by atoms with E-state index < -0.39 is 0 Å². The maximum Gasteiger partial charge on any atom is 0.0779 e. The molecule has 0 N–H and O–H groups in total. The van der Waals surface area contributed by atoms with E-state index in [4.69, 9.17) is 12.2 Å². The van der Waals surface area contributed by atoms with E-state index in [1.165, 1.54) is 50.2 Å². The average molecular weight is 185 g/mol. The fourth-order valence-electron chi connectivity index (χ4n) is 1.63. The zero-order chi connectivity index (χ0) is 8.81. The first kappa shape index (κ1) is 9.97. The maximum absolute atomic E-state index is 5.37. The molecule has 1 aliphatic heterocycles. The lowest BCUT2D eigenvalue weighted by Gasteiger charge is -2.29. The molecule has 12 heavy (non-hydrogen) atoms. The molecule has 1 nitrogen and oxygen atoms in total. The van der Waals surface area contributed by atoms with Crippen molar-refractivity contribution < 1.29 is 0 Å². The van der Waals surface area contributed by atoms with E-state index in [0.717, 1.165) is 6.42 Å². The van der Waals surface area contributed by atoms with Gasteiger partial charge in [-0.2, -0.15) is 0 Å². The summed E-state index contributed by atoms with van der Waals surface area (Å²) in [6.45, 7) is 4.64. The number of unbranched alkanes of at least 4 members (excludes halogenated alkanes) is 1. The van der Waals surface area contributed by atoms with Crippen molar-refractivity contribution in [1.82, 2.24) is 4.90 Å². The van der Waals surface area contributed by atoms with Gasteiger partial charge in [0.2, 0.25) is 0 Å². The van der Waals surface area contributed by atoms with Crippen molar-refractivity contribution in [3.63, 3.8) is 0 Å². The number of hydrogen-bond donors (Lipinski definition) is 0. The Balaban J connectivity index is 2.20. The summed E-state index contributed by atoms with van der Waals surface area (Å²) < 4.78 is 0. The second kappa shape index (κ2) is 5.52. The van der Waals surface area contributed by atoms with Crippen molar-refractivity contribution in [1.29, 1.82) is 0 Å². The largest absolute Gasteiger partial charge is 0.366 e. The van der Waals surface area contributed by atoms with Crippen LogP contribution in [0.1, 0.15) is 45.4 Å². The van der Waals surface area contributed by atoms with Crippen LogP contribution in [0.5, 0.6) is 0 Å². The standard InChI is InChI=1S/C10H19NS/c1-2-3-7-10(12)11-8-5-4-6-9-11/h2-9H2,1H3. The third-order valence-corrected chi connectivity index (χ3v) is 2.92. The summed E-state index contributed by atoms with van der Waals surface area (Å²) in [6.07, 6.45) is 7.72. The monoisotopic (exact) mass is 185 g/mol. The zero-order valence-corrected chi connectivity index (χ0v) is 8.83. The van der Waals surface area contributed by atoms with E-state index in [1.54, 1.807) is 0 Å². The summed E-state index contributed by atoms with van der Waals surface area (Å²) in [5.74, 6) is 0. The summed E-state index contributed by atoms with van der Waals surface area (Å²) in [5.41, 5.74) is 0. The molecule has 2 heteroatoms. The molecule has 1 saturated heterocycles. The first-order valence-electron chi connectivity index (χ1n) is 5.12. The predicted octanol–water partition coefficient (Wildman–Crippen LogP) is 2.99. The van der Waals surface area contributed by atoms with E-state index in [2.05, 4.69) is 11.8 Å². The molecule has 1 aliphatic rings. The van der Waals surface area contributed by atoms with Gasteiger partial charge in [0.25, 0.3) is 0 Å². The lowest BCUT2D eigenvalue weighted by molar-refractivity contribution is 0.341. The van der Waals surface area contributed by atoms with Crippen molar-refractivity contribution in [2.24, 2.45) is 0 Å². The molecule has 0 aromatic carbocycles. The fraction of sp³-hybridized carbons (Fsp3) is 0.900. The van der Waals surface area contributed by atoms with Gasteiger partial charge in [-0.05, 0) is 32.1 Å². The van der Waals surface area contributed by atoms with Crippen LogP contribution in [0.3, 0.4) is 0 Å². The maximum atomic E-state index is 5.37. The normalized spacial score (nSPS) is 17.9. The molecule has 0 aliphatic carbocycles. The first-order valence-corrected chi connectivity index (χ1v) is 5.53. The van der Waals surface area contributed by atoms with Crippen LogP contribution in [0.15, 0.2) is 0 Å². The molecule has 1 heterocycles. The highest BCUT2D eigenvalue weighted by atomic mass is 32.1. The molecular formula is C10H19NS. The minimum atomic E-state index is 1.13. The van der Waals surface area contributed by atoms with Crippen LogP contribution in [0, 0.1) is 0 Å². The van der Waals surface area contributed by atoms with Crippen LogP contribution in [0.2, 0.25) is 0 Å². The molecule has 0 unspecified atom stereocenters. The Morgan fingerprint density at radius 3 is 2.50 bits per heavy atom. The Labute approximate surface area is 81.1 Å². The summed E-state index contributed by atoms with van der Waals surface area (Å²) in [7, 11) is 0. The van der Waals surface area contributed by atoms with Crippen LogP contribution in [-0.2, 0) is 0 Å². The van der Waals surface area contributed by atoms with Crippen LogP contribution >= 0.6 is 12.2 Å². The molecule has 1 fully saturated rings. The number of thiocarbonyl (C=S) groups is 1. The molecule has 0 aromatic rings. The number of likely N-dealkylation sites (tertiary alicyclic amines) is 1. The Bertz CT molecular complexity index is 139. The minimum absolute atomic E-state index is 1.13. The average Bonchev–Trinajstić information content (AvgIpc) is 2.15. The SMILES string of the molecule is CCCCC(=S)N1CCCCC1. The second-order valence-corrected chi connectivity index (χ2v) is 4.02. The fourth-order valence-corrected chi connectivity index (χ4v) is 1.96. The van der Waals surface area contributed by atoms with Gasteiger partial charge in [-0.1, -0.05) is 25.6 Å². The van der Waals surface area contributed by atoms with E-state index in [-0.39, 0.29) is 0 Å². The van der Waals surface area contributed by atoms with E-state index in [0.29, 0.717) is 0 Å². The van der Waals surface area contributed by atoms with Gasteiger partial charge in [0, 0.05) is 13.1 Å². The third kappa shape index (κ3) is 3.10. The van der Waals surface area contributed by atoms with Crippen LogP contribution in [0.25, 0.3) is 0 Å². The van der Waals surface area contributed by atoms with Gasteiger partial charge < -0.3 is 4.90 Å². The molecule has 0 aromatic heterocycles. The van der Waals surface area contributed by atoms with Crippen molar-refractivity contribution >= 4 is 17.2 Å². The lowest BCUT2D eigenvalue weighted by Crippen LogP contribution is -2.34. The summed E-state index contributed by atoms with van der Waals surface area (Å²) in [6, 6.07) is 0. The Hall–Kier alpha value is -0.110. The van der Waals surface area contributed by atoms with Crippen molar-refractivity contribution in [2.45, 2.75) is 45.4 Å². The molecule has 0 spiro atoms. The summed E-state index contributed by atoms with van der Waals surface area (Å²) in [4.78, 5) is 3.60. The smallest absolute Gasteiger partial charge is 0.0779 e. The second-order valence-electron chi connectivity index (χ2n) is 3.55. The molecule has 1 rings (SSSR count). The van der Waals surface area contributed by atoms with Gasteiger partial charge >= 0.3 is 0 Å². The Morgan fingerprint density at radius 1 is 1.25 bits per heavy atom. The van der Waals surface area contributed by atoms with E-state index >= 15 is 0 Å². The molecule has 0 radical (unpaired) electrons. The molecule has 0 amide bonds. The topological polar surface area (TPSA) is 3.24 Å². The molecule has 0 atom stereocenters. The van der Waals surface area contributed by atoms with Gasteiger partial charge in [0.1, 0.15) is 0 Å². The van der Waals surface area contributed by atoms with Crippen LogP contribution in [0.4, 0.5) is 0 Å². The van der Waals surface area contributed by atoms with Crippen LogP contribution in [-0.4, -0.2) is 23.0 Å². The van der Waals surface area contributed by atoms with E-state index in [9.17, 15) is 0 Å². The van der Waals surface area contributed by atoms with Crippen molar-refractivity contribution in [3.8, 4) is 0 Å². The molecule has 0 saturated carbocycles. The van der Waals surface area contributed by atoms with Gasteiger partial charge in [-0.3, -0.25) is 0 Å².